The second kappa shape index (κ2) is 4.75. The van der Waals surface area contributed by atoms with Gasteiger partial charge in [-0.25, -0.2) is 5.43 Å². The van der Waals surface area contributed by atoms with E-state index in [-0.39, 0.29) is 11.3 Å². The average Bonchev–Trinajstić information content (AvgIpc) is 3.12. The lowest BCUT2D eigenvalue weighted by molar-refractivity contribution is 0.0952. The standard InChI is InChI=1S/C12H13ClN2O2/c1-7(8-2-3-8)14-15-12(17)10-6-9(13)4-5-11(10)16/h4-6,8,16H,2-3H2,1H3,(H,15,17). The van der Waals surface area contributed by atoms with E-state index in [2.05, 4.69) is 10.5 Å². The number of rotatable bonds is 3. The molecule has 0 atom stereocenters. The molecule has 2 N–H and O–H groups in total. The van der Waals surface area contributed by atoms with E-state index in [9.17, 15) is 9.90 Å². The Kier molecular flexibility index (Phi) is 3.33. The molecule has 0 aromatic heterocycles. The molecule has 1 amide bonds. The highest BCUT2D eigenvalue weighted by Gasteiger charge is 2.24. The molecule has 0 spiro atoms. The SMILES string of the molecule is CC(=NNC(=O)c1cc(Cl)ccc1O)C1CC1. The zero-order valence-electron chi connectivity index (χ0n) is 9.40. The van der Waals surface area contributed by atoms with E-state index in [0.29, 0.717) is 10.9 Å². The van der Waals surface area contributed by atoms with E-state index in [4.69, 9.17) is 11.6 Å². The Morgan fingerprint density at radius 1 is 1.53 bits per heavy atom. The van der Waals surface area contributed by atoms with Gasteiger partial charge in [0.25, 0.3) is 5.91 Å². The van der Waals surface area contributed by atoms with Crippen molar-refractivity contribution in [1.82, 2.24) is 5.43 Å². The van der Waals surface area contributed by atoms with Gasteiger partial charge in [0, 0.05) is 10.7 Å². The van der Waals surface area contributed by atoms with Gasteiger partial charge in [0.1, 0.15) is 5.75 Å². The summed E-state index contributed by atoms with van der Waals surface area (Å²) < 4.78 is 0. The van der Waals surface area contributed by atoms with Crippen LogP contribution in [0.15, 0.2) is 23.3 Å². The van der Waals surface area contributed by atoms with E-state index >= 15 is 0 Å². The molecule has 0 aliphatic heterocycles. The monoisotopic (exact) mass is 252 g/mol. The minimum absolute atomic E-state index is 0.105. The summed E-state index contributed by atoms with van der Waals surface area (Å²) in [5.41, 5.74) is 3.46. The number of halogens is 1. The molecular formula is C12H13ClN2O2. The predicted octanol–water partition coefficient (Wildman–Crippen LogP) is 2.56. The molecule has 0 bridgehead atoms. The zero-order valence-corrected chi connectivity index (χ0v) is 10.2. The number of carbonyl (C=O) groups excluding carboxylic acids is 1. The predicted molar refractivity (Wildman–Crippen MR) is 66.4 cm³/mol. The van der Waals surface area contributed by atoms with Gasteiger partial charge >= 0.3 is 0 Å². The Labute approximate surface area is 104 Å². The second-order valence-corrected chi connectivity index (χ2v) is 4.57. The second-order valence-electron chi connectivity index (χ2n) is 4.13. The third-order valence-corrected chi connectivity index (χ3v) is 2.94. The first kappa shape index (κ1) is 11.9. The van der Waals surface area contributed by atoms with Crippen molar-refractivity contribution in [3.05, 3.63) is 28.8 Å². The Morgan fingerprint density at radius 3 is 2.88 bits per heavy atom. The summed E-state index contributed by atoms with van der Waals surface area (Å²) in [6.45, 7) is 1.88. The quantitative estimate of drug-likeness (QED) is 0.642. The number of hydrogen-bond donors (Lipinski definition) is 2. The van der Waals surface area contributed by atoms with Gasteiger partial charge in [-0.05, 0) is 43.9 Å². The molecule has 1 fully saturated rings. The minimum atomic E-state index is -0.454. The van der Waals surface area contributed by atoms with E-state index in [0.717, 1.165) is 18.6 Å². The van der Waals surface area contributed by atoms with E-state index < -0.39 is 5.91 Å². The van der Waals surface area contributed by atoms with Crippen LogP contribution in [0.1, 0.15) is 30.1 Å². The summed E-state index contributed by atoms with van der Waals surface area (Å²) in [6.07, 6.45) is 2.27. The van der Waals surface area contributed by atoms with Gasteiger partial charge in [-0.2, -0.15) is 5.10 Å². The maximum atomic E-state index is 11.7. The van der Waals surface area contributed by atoms with Gasteiger partial charge in [-0.1, -0.05) is 11.6 Å². The van der Waals surface area contributed by atoms with Crippen molar-refractivity contribution in [3.63, 3.8) is 0 Å². The lowest BCUT2D eigenvalue weighted by Gasteiger charge is -2.04. The molecule has 90 valence electrons. The smallest absolute Gasteiger partial charge is 0.275 e. The van der Waals surface area contributed by atoms with Crippen molar-refractivity contribution in [1.29, 1.82) is 0 Å². The van der Waals surface area contributed by atoms with Crippen molar-refractivity contribution in [2.24, 2.45) is 11.0 Å². The maximum Gasteiger partial charge on any atom is 0.275 e. The fourth-order valence-electron chi connectivity index (χ4n) is 1.48. The van der Waals surface area contributed by atoms with Crippen LogP contribution in [0.4, 0.5) is 0 Å². The molecular weight excluding hydrogens is 240 g/mol. The van der Waals surface area contributed by atoms with E-state index in [1.807, 2.05) is 6.92 Å². The van der Waals surface area contributed by atoms with Crippen LogP contribution >= 0.6 is 11.6 Å². The number of aromatic hydroxyl groups is 1. The van der Waals surface area contributed by atoms with Crippen LogP contribution in [0.25, 0.3) is 0 Å². The summed E-state index contributed by atoms with van der Waals surface area (Å²) in [4.78, 5) is 11.7. The zero-order chi connectivity index (χ0) is 12.4. The van der Waals surface area contributed by atoms with Gasteiger partial charge in [0.05, 0.1) is 5.56 Å². The van der Waals surface area contributed by atoms with Gasteiger partial charge in [0.2, 0.25) is 0 Å². The van der Waals surface area contributed by atoms with Crippen LogP contribution < -0.4 is 5.43 Å². The summed E-state index contributed by atoms with van der Waals surface area (Å²) >= 11 is 5.76. The number of carbonyl (C=O) groups is 1. The molecule has 1 aromatic carbocycles. The molecule has 17 heavy (non-hydrogen) atoms. The van der Waals surface area contributed by atoms with Crippen molar-refractivity contribution in [3.8, 4) is 5.75 Å². The fourth-order valence-corrected chi connectivity index (χ4v) is 1.65. The van der Waals surface area contributed by atoms with Crippen molar-refractivity contribution in [2.45, 2.75) is 19.8 Å². The summed E-state index contributed by atoms with van der Waals surface area (Å²) in [5.74, 6) is -0.0561. The molecule has 0 heterocycles. The highest BCUT2D eigenvalue weighted by Crippen LogP contribution is 2.30. The number of benzene rings is 1. The van der Waals surface area contributed by atoms with Crippen LogP contribution in [0, 0.1) is 5.92 Å². The largest absolute Gasteiger partial charge is 0.507 e. The maximum absolute atomic E-state index is 11.7. The molecule has 0 saturated heterocycles. The summed E-state index contributed by atoms with van der Waals surface area (Å²) in [7, 11) is 0. The molecule has 2 rings (SSSR count). The van der Waals surface area contributed by atoms with Crippen LogP contribution in [0.2, 0.25) is 5.02 Å². The van der Waals surface area contributed by atoms with Crippen molar-refractivity contribution >= 4 is 23.2 Å². The topological polar surface area (TPSA) is 61.7 Å². The number of hydrogen-bond acceptors (Lipinski definition) is 3. The molecule has 1 saturated carbocycles. The Balaban J connectivity index is 2.08. The number of phenolic OH excluding ortho intramolecular Hbond substituents is 1. The Bertz CT molecular complexity index is 481. The fraction of sp³-hybridized carbons (Fsp3) is 0.333. The van der Waals surface area contributed by atoms with Crippen LogP contribution in [-0.2, 0) is 0 Å². The van der Waals surface area contributed by atoms with E-state index in [1.54, 1.807) is 0 Å². The van der Waals surface area contributed by atoms with Gasteiger partial charge in [0.15, 0.2) is 0 Å². The molecule has 0 radical (unpaired) electrons. The van der Waals surface area contributed by atoms with Crippen LogP contribution in [0.3, 0.4) is 0 Å². The Morgan fingerprint density at radius 2 is 2.24 bits per heavy atom. The third-order valence-electron chi connectivity index (χ3n) is 2.71. The number of nitrogens with one attached hydrogen (secondary N) is 1. The average molecular weight is 253 g/mol. The molecule has 1 aliphatic rings. The summed E-state index contributed by atoms with van der Waals surface area (Å²) in [6, 6.07) is 4.31. The Hall–Kier alpha value is -1.55. The van der Waals surface area contributed by atoms with Gasteiger partial charge in [-0.3, -0.25) is 4.79 Å². The van der Waals surface area contributed by atoms with Gasteiger partial charge < -0.3 is 5.11 Å². The first-order valence-electron chi connectivity index (χ1n) is 5.41. The summed E-state index contributed by atoms with van der Waals surface area (Å²) in [5, 5.41) is 13.9. The third kappa shape index (κ3) is 2.97. The number of phenols is 1. The van der Waals surface area contributed by atoms with Crippen LogP contribution in [0.5, 0.6) is 5.75 Å². The normalized spacial score (nSPS) is 15.8. The number of nitrogens with zero attached hydrogens (tertiary/aromatic N) is 1. The highest BCUT2D eigenvalue weighted by molar-refractivity contribution is 6.31. The van der Waals surface area contributed by atoms with Crippen LogP contribution in [-0.4, -0.2) is 16.7 Å². The van der Waals surface area contributed by atoms with Gasteiger partial charge in [-0.15, -0.1) is 0 Å². The lowest BCUT2D eigenvalue weighted by atomic mass is 10.2. The highest BCUT2D eigenvalue weighted by atomic mass is 35.5. The molecule has 1 aromatic rings. The molecule has 0 unspecified atom stereocenters. The molecule has 1 aliphatic carbocycles. The first-order chi connectivity index (χ1) is 8.08. The minimum Gasteiger partial charge on any atom is -0.507 e. The van der Waals surface area contributed by atoms with Crippen molar-refractivity contribution in [2.75, 3.05) is 0 Å². The molecule has 4 nitrogen and oxygen atoms in total. The lowest BCUT2D eigenvalue weighted by Crippen LogP contribution is -2.19. The van der Waals surface area contributed by atoms with Crippen molar-refractivity contribution < 1.29 is 9.90 Å². The number of hydrazone groups is 1. The molecule has 5 heteroatoms. The first-order valence-corrected chi connectivity index (χ1v) is 5.79. The van der Waals surface area contributed by atoms with E-state index in [1.165, 1.54) is 18.2 Å². The number of amides is 1.